The van der Waals surface area contributed by atoms with Gasteiger partial charge < -0.3 is 4.42 Å². The van der Waals surface area contributed by atoms with Gasteiger partial charge in [0.1, 0.15) is 11.5 Å². The van der Waals surface area contributed by atoms with Crippen molar-refractivity contribution in [3.8, 4) is 0 Å². The Morgan fingerprint density at radius 2 is 1.75 bits per heavy atom. The number of aryl methyl sites for hydroxylation is 4. The second-order valence-electron chi connectivity index (χ2n) is 7.08. The van der Waals surface area contributed by atoms with Crippen molar-refractivity contribution in [3.05, 3.63) is 82.3 Å². The number of carbonyl (C=O) groups is 1. The molecule has 0 aliphatic rings. The van der Waals surface area contributed by atoms with Crippen molar-refractivity contribution in [2.75, 3.05) is 4.90 Å². The predicted octanol–water partition coefficient (Wildman–Crippen LogP) is 5.97. The van der Waals surface area contributed by atoms with Crippen molar-refractivity contribution in [1.29, 1.82) is 0 Å². The van der Waals surface area contributed by atoms with Gasteiger partial charge in [-0.2, -0.15) is 0 Å². The first kappa shape index (κ1) is 18.4. The molecule has 4 nitrogen and oxygen atoms in total. The fourth-order valence-corrected chi connectivity index (χ4v) is 4.45. The Morgan fingerprint density at radius 1 is 1.04 bits per heavy atom. The maximum Gasteiger partial charge on any atom is 0.263 e. The summed E-state index contributed by atoms with van der Waals surface area (Å²) in [4.78, 5) is 20.1. The third-order valence-corrected chi connectivity index (χ3v) is 6.08. The van der Waals surface area contributed by atoms with Crippen molar-refractivity contribution in [2.24, 2.45) is 0 Å². The third kappa shape index (κ3) is 3.34. The highest BCUT2D eigenvalue weighted by Crippen LogP contribution is 2.34. The topological polar surface area (TPSA) is 46.3 Å². The fourth-order valence-electron chi connectivity index (χ4n) is 3.34. The van der Waals surface area contributed by atoms with Gasteiger partial charge in [0.15, 0.2) is 5.13 Å². The number of aromatic nitrogens is 1. The van der Waals surface area contributed by atoms with E-state index in [1.165, 1.54) is 5.56 Å². The van der Waals surface area contributed by atoms with E-state index < -0.39 is 0 Å². The monoisotopic (exact) mass is 390 g/mol. The standard InChI is InChI=1S/C23H22N2O2S/c1-14-10-11-15(2)21-20(14)24-23(28-21)25(13-18-8-6-5-7-9-18)22(26)19-12-16(3)27-17(19)4/h5-12H,13H2,1-4H3. The molecule has 28 heavy (non-hydrogen) atoms. The molecule has 0 radical (unpaired) electrons. The molecule has 0 N–H and O–H groups in total. The zero-order chi connectivity index (χ0) is 19.8. The normalized spacial score (nSPS) is 11.1. The van der Waals surface area contributed by atoms with Crippen molar-refractivity contribution in [2.45, 2.75) is 34.2 Å². The highest BCUT2D eigenvalue weighted by molar-refractivity contribution is 7.22. The Hall–Kier alpha value is -2.92. The number of thiazole rings is 1. The Balaban J connectivity index is 1.83. The van der Waals surface area contributed by atoms with Gasteiger partial charge >= 0.3 is 0 Å². The average molecular weight is 391 g/mol. The minimum atomic E-state index is -0.0902. The number of benzene rings is 2. The minimum absolute atomic E-state index is 0.0902. The molecule has 4 aromatic rings. The third-order valence-electron chi connectivity index (χ3n) is 4.86. The molecule has 5 heteroatoms. The van der Waals surface area contributed by atoms with Gasteiger partial charge in [-0.05, 0) is 50.5 Å². The molecule has 142 valence electrons. The van der Waals surface area contributed by atoms with Gasteiger partial charge in [-0.15, -0.1) is 0 Å². The Bertz CT molecular complexity index is 1120. The van der Waals surface area contributed by atoms with Crippen LogP contribution in [0.15, 0.2) is 52.9 Å². The van der Waals surface area contributed by atoms with Crippen molar-refractivity contribution < 1.29 is 9.21 Å². The van der Waals surface area contributed by atoms with Crippen LogP contribution in [0.3, 0.4) is 0 Å². The van der Waals surface area contributed by atoms with Crippen LogP contribution in [0.2, 0.25) is 0 Å². The molecule has 2 heterocycles. The number of rotatable bonds is 4. The molecular weight excluding hydrogens is 368 g/mol. The minimum Gasteiger partial charge on any atom is -0.466 e. The van der Waals surface area contributed by atoms with E-state index in [0.717, 1.165) is 27.1 Å². The molecule has 0 saturated carbocycles. The summed E-state index contributed by atoms with van der Waals surface area (Å²) in [6, 6.07) is 16.0. The van der Waals surface area contributed by atoms with E-state index in [9.17, 15) is 4.79 Å². The highest BCUT2D eigenvalue weighted by Gasteiger charge is 2.25. The van der Waals surface area contributed by atoms with Gasteiger partial charge in [-0.1, -0.05) is 53.8 Å². The molecular formula is C23H22N2O2S. The molecule has 0 bridgehead atoms. The molecule has 0 spiro atoms. The molecule has 4 rings (SSSR count). The van der Waals surface area contributed by atoms with Crippen LogP contribution in [0.1, 0.15) is 38.6 Å². The van der Waals surface area contributed by atoms with Gasteiger partial charge in [0.05, 0.1) is 22.3 Å². The second-order valence-corrected chi connectivity index (χ2v) is 8.05. The van der Waals surface area contributed by atoms with E-state index in [-0.39, 0.29) is 5.91 Å². The van der Waals surface area contributed by atoms with Crippen molar-refractivity contribution in [3.63, 3.8) is 0 Å². The van der Waals surface area contributed by atoms with Crippen LogP contribution in [-0.2, 0) is 6.54 Å². The first-order chi connectivity index (χ1) is 13.4. The largest absolute Gasteiger partial charge is 0.466 e. The van der Waals surface area contributed by atoms with Crippen molar-refractivity contribution in [1.82, 2.24) is 4.98 Å². The lowest BCUT2D eigenvalue weighted by Gasteiger charge is -2.19. The second kappa shape index (κ2) is 7.24. The zero-order valence-electron chi connectivity index (χ0n) is 16.4. The lowest BCUT2D eigenvalue weighted by Crippen LogP contribution is -2.30. The van der Waals surface area contributed by atoms with Crippen LogP contribution >= 0.6 is 11.3 Å². The van der Waals surface area contributed by atoms with Crippen LogP contribution in [0, 0.1) is 27.7 Å². The summed E-state index contributed by atoms with van der Waals surface area (Å²) in [6.07, 6.45) is 0. The summed E-state index contributed by atoms with van der Waals surface area (Å²) in [5.41, 5.74) is 4.89. The van der Waals surface area contributed by atoms with Crippen LogP contribution in [-0.4, -0.2) is 10.9 Å². The molecule has 0 aliphatic carbocycles. The molecule has 0 aliphatic heterocycles. The lowest BCUT2D eigenvalue weighted by molar-refractivity contribution is 0.0983. The molecule has 2 aromatic heterocycles. The van der Waals surface area contributed by atoms with Crippen molar-refractivity contribution >= 4 is 32.6 Å². The Kier molecular flexibility index (Phi) is 4.77. The fraction of sp³-hybridized carbons (Fsp3) is 0.217. The van der Waals surface area contributed by atoms with Gasteiger partial charge in [-0.25, -0.2) is 4.98 Å². The Labute approximate surface area is 168 Å². The molecule has 0 saturated heterocycles. The summed E-state index contributed by atoms with van der Waals surface area (Å²) < 4.78 is 6.73. The van der Waals surface area contributed by atoms with E-state index in [4.69, 9.17) is 9.40 Å². The number of hydrogen-bond donors (Lipinski definition) is 0. The summed E-state index contributed by atoms with van der Waals surface area (Å²) >= 11 is 1.56. The van der Waals surface area contributed by atoms with Gasteiger partial charge in [0.25, 0.3) is 5.91 Å². The number of hydrogen-bond acceptors (Lipinski definition) is 4. The first-order valence-corrected chi connectivity index (χ1v) is 10.1. The van der Waals surface area contributed by atoms with Crippen LogP contribution in [0.4, 0.5) is 5.13 Å². The van der Waals surface area contributed by atoms with E-state index >= 15 is 0 Å². The number of nitrogens with zero attached hydrogens (tertiary/aromatic N) is 2. The number of furan rings is 1. The molecule has 2 aromatic carbocycles. The van der Waals surface area contributed by atoms with Gasteiger partial charge in [0, 0.05) is 0 Å². The predicted molar refractivity (Wildman–Crippen MR) is 114 cm³/mol. The first-order valence-electron chi connectivity index (χ1n) is 9.23. The van der Waals surface area contributed by atoms with Gasteiger partial charge in [-0.3, -0.25) is 9.69 Å². The smallest absolute Gasteiger partial charge is 0.263 e. The summed E-state index contributed by atoms with van der Waals surface area (Å²) in [6.45, 7) is 8.28. The van der Waals surface area contributed by atoms with Crippen LogP contribution in [0.25, 0.3) is 10.2 Å². The van der Waals surface area contributed by atoms with Crippen LogP contribution in [0.5, 0.6) is 0 Å². The molecule has 0 unspecified atom stereocenters. The van der Waals surface area contributed by atoms with E-state index in [0.29, 0.717) is 23.0 Å². The zero-order valence-corrected chi connectivity index (χ0v) is 17.3. The highest BCUT2D eigenvalue weighted by atomic mass is 32.1. The average Bonchev–Trinajstić information content (AvgIpc) is 3.27. The van der Waals surface area contributed by atoms with E-state index in [2.05, 4.69) is 26.0 Å². The maximum atomic E-state index is 13.5. The number of fused-ring (bicyclic) bond motifs is 1. The van der Waals surface area contributed by atoms with E-state index in [1.54, 1.807) is 22.3 Å². The SMILES string of the molecule is Cc1cc(C(=O)N(Cc2ccccc2)c2nc3c(C)ccc(C)c3s2)c(C)o1. The maximum absolute atomic E-state index is 13.5. The lowest BCUT2D eigenvalue weighted by atomic mass is 10.1. The number of anilines is 1. The van der Waals surface area contributed by atoms with Crippen LogP contribution < -0.4 is 4.90 Å². The van der Waals surface area contributed by atoms with E-state index in [1.807, 2.05) is 44.2 Å². The summed E-state index contributed by atoms with van der Waals surface area (Å²) in [7, 11) is 0. The molecule has 0 fully saturated rings. The summed E-state index contributed by atoms with van der Waals surface area (Å²) in [5.74, 6) is 1.28. The quantitative estimate of drug-likeness (QED) is 0.431. The summed E-state index contributed by atoms with van der Waals surface area (Å²) in [5, 5.41) is 0.708. The van der Waals surface area contributed by atoms with Gasteiger partial charge in [0.2, 0.25) is 0 Å². The molecule has 1 amide bonds. The number of amides is 1. The molecule has 0 atom stereocenters. The number of carbonyl (C=O) groups excluding carboxylic acids is 1. The Morgan fingerprint density at radius 3 is 2.39 bits per heavy atom.